The molecule has 0 saturated carbocycles. The Morgan fingerprint density at radius 1 is 1.11 bits per heavy atom. The zero-order valence-electron chi connectivity index (χ0n) is 24.9. The van der Waals surface area contributed by atoms with Crippen LogP contribution in [0.3, 0.4) is 0 Å². The van der Waals surface area contributed by atoms with Crippen molar-refractivity contribution < 1.29 is 57.6 Å². The lowest BCUT2D eigenvalue weighted by molar-refractivity contribution is -0.403. The lowest BCUT2D eigenvalue weighted by Crippen LogP contribution is -2.69. The molecule has 0 spiro atoms. The fourth-order valence-corrected chi connectivity index (χ4v) is 4.08. The van der Waals surface area contributed by atoms with Crippen molar-refractivity contribution in [1.29, 1.82) is 0 Å². The third-order valence-corrected chi connectivity index (χ3v) is 6.40. The molecular formula is C28H33F3N6O9. The average molecular weight is 655 g/mol. The van der Waals surface area contributed by atoms with Crippen LogP contribution in [-0.4, -0.2) is 58.8 Å². The number of alkyl halides is 3. The first-order valence-corrected chi connectivity index (χ1v) is 13.7. The minimum absolute atomic E-state index is 0.00370. The number of nitro benzene ring substituents is 1. The minimum Gasteiger partial charge on any atom is -0.542 e. The van der Waals surface area contributed by atoms with Gasteiger partial charge >= 0.3 is 11.9 Å². The Kier molecular flexibility index (Phi) is 12.6. The summed E-state index contributed by atoms with van der Waals surface area (Å²) in [5, 5.41) is 28.4. The van der Waals surface area contributed by atoms with E-state index in [1.807, 2.05) is 13.8 Å². The number of carbonyl (C=O) groups excluding carboxylic acids is 5. The molecule has 46 heavy (non-hydrogen) atoms. The van der Waals surface area contributed by atoms with Crippen molar-refractivity contribution in [3.05, 3.63) is 63.7 Å². The highest BCUT2D eigenvalue weighted by atomic mass is 19.4. The van der Waals surface area contributed by atoms with E-state index in [4.69, 9.17) is 20.4 Å². The number of fused-ring (bicyclic) bond motifs is 9. The quantitative estimate of drug-likeness (QED) is 0.199. The Balaban J connectivity index is 0.000000942. The van der Waals surface area contributed by atoms with Gasteiger partial charge in [-0.1, -0.05) is 32.0 Å². The van der Waals surface area contributed by atoms with Gasteiger partial charge in [-0.2, -0.15) is 13.2 Å². The zero-order valence-corrected chi connectivity index (χ0v) is 24.9. The van der Waals surface area contributed by atoms with Crippen LogP contribution in [-0.2, 0) is 30.4 Å². The first kappa shape index (κ1) is 36.9. The maximum Gasteiger partial charge on any atom is 0.430 e. The van der Waals surface area contributed by atoms with E-state index in [2.05, 4.69) is 21.7 Å². The summed E-state index contributed by atoms with van der Waals surface area (Å²) in [6.45, 7) is 5.15. The third kappa shape index (κ3) is 10.7. The van der Waals surface area contributed by atoms with Crippen LogP contribution in [0.2, 0.25) is 0 Å². The van der Waals surface area contributed by atoms with Crippen molar-refractivity contribution in [2.75, 3.05) is 0 Å². The van der Waals surface area contributed by atoms with Gasteiger partial charge in [0.15, 0.2) is 6.04 Å². The Morgan fingerprint density at radius 3 is 2.28 bits per heavy atom. The van der Waals surface area contributed by atoms with E-state index in [0.29, 0.717) is 5.56 Å². The van der Waals surface area contributed by atoms with Gasteiger partial charge in [0, 0.05) is 12.5 Å². The second kappa shape index (κ2) is 15.6. The van der Waals surface area contributed by atoms with E-state index in [1.165, 1.54) is 25.1 Å². The largest absolute Gasteiger partial charge is 0.542 e. The first-order chi connectivity index (χ1) is 21.3. The van der Waals surface area contributed by atoms with E-state index in [-0.39, 0.29) is 41.5 Å². The van der Waals surface area contributed by atoms with Crippen LogP contribution in [0.4, 0.5) is 18.9 Å². The fourth-order valence-electron chi connectivity index (χ4n) is 4.08. The number of primary amides is 1. The first-order valence-electron chi connectivity index (χ1n) is 13.7. The number of carboxylic acids is 1. The highest BCUT2D eigenvalue weighted by Gasteiger charge is 2.32. The van der Waals surface area contributed by atoms with E-state index in [0.717, 1.165) is 0 Å². The Bertz CT molecular complexity index is 1480. The molecule has 2 aromatic carbocycles. The lowest BCUT2D eigenvalue weighted by Gasteiger charge is -2.26. The number of amides is 4. The summed E-state index contributed by atoms with van der Waals surface area (Å²) in [5.41, 5.74) is 9.62. The number of halogens is 3. The number of nitrogens with zero attached hydrogens (tertiary/aromatic N) is 1. The standard InChI is InChI=1S/C26H32N6O7.C2HF3O2/c1-13(2)9-19-25(35)31-22(26(36)29-14(3)23(28)33)16-5-4-6-17(12-16)39-21-8-7-15(11-20(21)32(37)38)10-18(27)24(34)30-19;3-2(4,5)1(6)7/h4-8,11-14,18-19,22H,9-10,27H2,1-3H3,(H2,28,33)(H,29,36)(H,30,34)(H,31,35);(H,6,7)/t14-,18-,19+,22+;/m0./s1. The predicted molar refractivity (Wildman–Crippen MR) is 150 cm³/mol. The SMILES string of the molecule is CC(C)C[C@H]1NC(=O)[C@@H]([NH3+])Cc2ccc(c([N+](=O)[O-])c2)Oc2cccc(c2)[C@H](C(=O)N[C@@H](C)C(N)=O)NC1=O.O=C([O-])C(F)(F)F. The Labute approximate surface area is 260 Å². The normalized spacial score (nSPS) is 19.0. The van der Waals surface area contributed by atoms with Crippen molar-refractivity contribution in [2.24, 2.45) is 11.7 Å². The van der Waals surface area contributed by atoms with Gasteiger partial charge in [-0.3, -0.25) is 29.3 Å². The number of quaternary nitrogens is 1. The number of benzene rings is 2. The zero-order chi connectivity index (χ0) is 34.9. The lowest BCUT2D eigenvalue weighted by atomic mass is 9.99. The number of nitrogens with one attached hydrogen (secondary N) is 3. The predicted octanol–water partition coefficient (Wildman–Crippen LogP) is -0.469. The van der Waals surface area contributed by atoms with Gasteiger partial charge in [0.1, 0.15) is 29.8 Å². The molecule has 0 aliphatic carbocycles. The molecule has 4 bridgehead atoms. The summed E-state index contributed by atoms with van der Waals surface area (Å²) in [4.78, 5) is 71.2. The number of nitro groups is 1. The third-order valence-electron chi connectivity index (χ3n) is 6.40. The molecule has 2 aliphatic heterocycles. The molecule has 0 saturated heterocycles. The van der Waals surface area contributed by atoms with Crippen LogP contribution < -0.4 is 37.3 Å². The molecule has 0 aromatic heterocycles. The van der Waals surface area contributed by atoms with Crippen LogP contribution in [0.5, 0.6) is 11.5 Å². The van der Waals surface area contributed by atoms with Crippen molar-refractivity contribution in [3.8, 4) is 11.5 Å². The van der Waals surface area contributed by atoms with Crippen molar-refractivity contribution in [1.82, 2.24) is 16.0 Å². The van der Waals surface area contributed by atoms with Crippen molar-refractivity contribution >= 4 is 35.3 Å². The van der Waals surface area contributed by atoms with Crippen LogP contribution in [0.25, 0.3) is 0 Å². The number of carboxylic acid groups (broad SMARTS) is 1. The average Bonchev–Trinajstić information content (AvgIpc) is 2.95. The van der Waals surface area contributed by atoms with Crippen LogP contribution in [0, 0.1) is 16.0 Å². The summed E-state index contributed by atoms with van der Waals surface area (Å²) < 4.78 is 37.4. The molecule has 4 rings (SSSR count). The van der Waals surface area contributed by atoms with Crippen LogP contribution in [0.15, 0.2) is 42.5 Å². The second-order valence-electron chi connectivity index (χ2n) is 10.7. The minimum atomic E-state index is -5.19. The topological polar surface area (TPSA) is 251 Å². The van der Waals surface area contributed by atoms with Gasteiger partial charge in [0.05, 0.1) is 4.92 Å². The van der Waals surface area contributed by atoms with Gasteiger partial charge in [0.2, 0.25) is 23.5 Å². The van der Waals surface area contributed by atoms with Crippen molar-refractivity contribution in [3.63, 3.8) is 0 Å². The monoisotopic (exact) mass is 654 g/mol. The number of nitrogens with two attached hydrogens (primary N) is 1. The van der Waals surface area contributed by atoms with Crippen LogP contribution >= 0.6 is 0 Å². The summed E-state index contributed by atoms with van der Waals surface area (Å²) in [7, 11) is 0. The van der Waals surface area contributed by atoms with Gasteiger partial charge in [-0.25, -0.2) is 0 Å². The molecule has 0 radical (unpaired) electrons. The molecule has 8 N–H and O–H groups in total. The Morgan fingerprint density at radius 2 is 1.74 bits per heavy atom. The summed E-state index contributed by atoms with van der Waals surface area (Å²) >= 11 is 0. The van der Waals surface area contributed by atoms with E-state index >= 15 is 0 Å². The molecule has 250 valence electrons. The molecule has 18 heteroatoms. The summed E-state index contributed by atoms with van der Waals surface area (Å²) in [5.74, 6) is -5.54. The highest BCUT2D eigenvalue weighted by molar-refractivity contribution is 5.95. The molecule has 2 aliphatic rings. The van der Waals surface area contributed by atoms with Gasteiger partial charge in [-0.15, -0.1) is 0 Å². The molecule has 15 nitrogen and oxygen atoms in total. The Hall–Kier alpha value is -5.26. The fraction of sp³-hybridized carbons (Fsp3) is 0.393. The molecule has 2 heterocycles. The van der Waals surface area contributed by atoms with Gasteiger partial charge in [0.25, 0.3) is 5.91 Å². The summed E-state index contributed by atoms with van der Waals surface area (Å²) in [6, 6.07) is 6.23. The molecule has 0 unspecified atom stereocenters. The number of hydrogen-bond acceptors (Lipinski definition) is 9. The van der Waals surface area contributed by atoms with Crippen molar-refractivity contribution in [2.45, 2.75) is 64.0 Å². The second-order valence-corrected chi connectivity index (χ2v) is 10.7. The molecule has 2 aromatic rings. The number of hydrogen-bond donors (Lipinski definition) is 5. The van der Waals surface area contributed by atoms with E-state index < -0.39 is 64.9 Å². The number of aliphatic carboxylic acids is 1. The molecule has 4 amide bonds. The van der Waals surface area contributed by atoms with Gasteiger partial charge in [-0.05, 0) is 48.6 Å². The van der Waals surface area contributed by atoms with E-state index in [1.54, 1.807) is 24.3 Å². The number of rotatable bonds is 6. The maximum atomic E-state index is 13.4. The van der Waals surface area contributed by atoms with Gasteiger partial charge < -0.3 is 42.1 Å². The smallest absolute Gasteiger partial charge is 0.430 e. The van der Waals surface area contributed by atoms with E-state index in [9.17, 15) is 42.5 Å². The maximum absolute atomic E-state index is 13.4. The molecular weight excluding hydrogens is 621 g/mol. The number of ether oxygens (including phenoxy) is 1. The number of carbonyl (C=O) groups is 5. The molecule has 0 fully saturated rings. The van der Waals surface area contributed by atoms with Crippen LogP contribution in [0.1, 0.15) is 44.4 Å². The highest BCUT2D eigenvalue weighted by Crippen LogP contribution is 2.33. The summed E-state index contributed by atoms with van der Waals surface area (Å²) in [6.07, 6.45) is -4.85. The molecule has 4 atom stereocenters.